The van der Waals surface area contributed by atoms with Crippen LogP contribution >= 0.6 is 0 Å². The van der Waals surface area contributed by atoms with Crippen LogP contribution < -0.4 is 0 Å². The third kappa shape index (κ3) is 1.78. The normalized spacial score (nSPS) is 10.5. The van der Waals surface area contributed by atoms with E-state index < -0.39 is 0 Å². The third-order valence-corrected chi connectivity index (χ3v) is 2.75. The number of rotatable bonds is 2. The quantitative estimate of drug-likeness (QED) is 0.688. The topological polar surface area (TPSA) is 30.7 Å². The van der Waals surface area contributed by atoms with Crippen molar-refractivity contribution in [1.82, 2.24) is 14.5 Å². The number of hydrogen-bond acceptors (Lipinski definition) is 2. The maximum Gasteiger partial charge on any atom is 0.155 e. The van der Waals surface area contributed by atoms with Gasteiger partial charge in [-0.2, -0.15) is 0 Å². The van der Waals surface area contributed by atoms with Crippen LogP contribution in [0.4, 0.5) is 4.39 Å². The Bertz CT molecular complexity index is 648. The molecular formula is C14H10FN3. The van der Waals surface area contributed by atoms with Crippen molar-refractivity contribution >= 4 is 0 Å². The van der Waals surface area contributed by atoms with Gasteiger partial charge < -0.3 is 4.57 Å². The lowest BCUT2D eigenvalue weighted by Gasteiger charge is -2.08. The van der Waals surface area contributed by atoms with Crippen LogP contribution in [0.5, 0.6) is 0 Å². The molecule has 0 aliphatic heterocycles. The average Bonchev–Trinajstić information content (AvgIpc) is 2.94. The second-order valence-corrected chi connectivity index (χ2v) is 3.84. The van der Waals surface area contributed by atoms with E-state index in [-0.39, 0.29) is 5.82 Å². The lowest BCUT2D eigenvalue weighted by molar-refractivity contribution is 0.621. The summed E-state index contributed by atoms with van der Waals surface area (Å²) in [5.74, 6) is -0.262. The highest BCUT2D eigenvalue weighted by Crippen LogP contribution is 2.26. The van der Waals surface area contributed by atoms with Crippen molar-refractivity contribution in [2.45, 2.75) is 0 Å². The predicted molar refractivity (Wildman–Crippen MR) is 66.8 cm³/mol. The van der Waals surface area contributed by atoms with Gasteiger partial charge in [-0.05, 0) is 23.8 Å². The number of hydrogen-bond donors (Lipinski definition) is 0. The van der Waals surface area contributed by atoms with Gasteiger partial charge in [-0.3, -0.25) is 4.98 Å². The van der Waals surface area contributed by atoms with Gasteiger partial charge in [0.05, 0.1) is 12.0 Å². The van der Waals surface area contributed by atoms with Crippen LogP contribution in [0.2, 0.25) is 0 Å². The molecule has 0 fully saturated rings. The molecule has 3 rings (SSSR count). The minimum Gasteiger partial charge on any atom is -0.303 e. The standard InChI is InChI=1S/C14H10FN3/c15-14-12(11-4-6-16-7-5-11)2-1-3-13(14)18-9-8-17-10-18/h1-10H. The molecule has 3 nitrogen and oxygen atoms in total. The zero-order chi connectivity index (χ0) is 12.4. The first kappa shape index (κ1) is 10.7. The van der Waals surface area contributed by atoms with Gasteiger partial charge in [0.2, 0.25) is 0 Å². The molecule has 1 aromatic carbocycles. The molecule has 0 aliphatic rings. The lowest BCUT2D eigenvalue weighted by atomic mass is 10.1. The van der Waals surface area contributed by atoms with Crippen molar-refractivity contribution in [3.63, 3.8) is 0 Å². The smallest absolute Gasteiger partial charge is 0.155 e. The highest BCUT2D eigenvalue weighted by molar-refractivity contribution is 5.66. The van der Waals surface area contributed by atoms with E-state index in [0.717, 1.165) is 5.56 Å². The fraction of sp³-hybridized carbons (Fsp3) is 0. The second-order valence-electron chi connectivity index (χ2n) is 3.84. The summed E-state index contributed by atoms with van der Waals surface area (Å²) in [7, 11) is 0. The molecule has 0 N–H and O–H groups in total. The van der Waals surface area contributed by atoms with E-state index in [1.165, 1.54) is 0 Å². The van der Waals surface area contributed by atoms with E-state index >= 15 is 0 Å². The molecule has 18 heavy (non-hydrogen) atoms. The van der Waals surface area contributed by atoms with Crippen molar-refractivity contribution in [3.8, 4) is 16.8 Å². The maximum absolute atomic E-state index is 14.5. The number of pyridine rings is 1. The molecule has 0 atom stereocenters. The molecule has 0 bridgehead atoms. The lowest BCUT2D eigenvalue weighted by Crippen LogP contribution is -1.96. The first-order chi connectivity index (χ1) is 8.86. The van der Waals surface area contributed by atoms with E-state index in [2.05, 4.69) is 9.97 Å². The Morgan fingerprint density at radius 2 is 1.78 bits per heavy atom. The van der Waals surface area contributed by atoms with Crippen LogP contribution in [0.25, 0.3) is 16.8 Å². The van der Waals surface area contributed by atoms with Gasteiger partial charge >= 0.3 is 0 Å². The number of nitrogens with zero attached hydrogens (tertiary/aromatic N) is 3. The maximum atomic E-state index is 14.5. The molecule has 4 heteroatoms. The largest absolute Gasteiger partial charge is 0.303 e. The van der Waals surface area contributed by atoms with Crippen LogP contribution in [0, 0.1) is 5.82 Å². The number of halogens is 1. The van der Waals surface area contributed by atoms with Gasteiger partial charge in [-0.15, -0.1) is 0 Å². The molecular weight excluding hydrogens is 229 g/mol. The van der Waals surface area contributed by atoms with Crippen LogP contribution in [0.1, 0.15) is 0 Å². The fourth-order valence-electron chi connectivity index (χ4n) is 1.88. The molecule has 0 unspecified atom stereocenters. The van der Waals surface area contributed by atoms with E-state index in [0.29, 0.717) is 11.3 Å². The molecule has 0 aliphatic carbocycles. The second kappa shape index (κ2) is 4.41. The Kier molecular flexibility index (Phi) is 2.61. The minimum absolute atomic E-state index is 0.262. The molecule has 0 spiro atoms. The van der Waals surface area contributed by atoms with E-state index in [1.807, 2.05) is 6.07 Å². The first-order valence-electron chi connectivity index (χ1n) is 5.53. The fourth-order valence-corrected chi connectivity index (χ4v) is 1.88. The number of benzene rings is 1. The molecule has 0 saturated carbocycles. The van der Waals surface area contributed by atoms with Crippen molar-refractivity contribution in [2.24, 2.45) is 0 Å². The van der Waals surface area contributed by atoms with Crippen molar-refractivity contribution in [1.29, 1.82) is 0 Å². The Balaban J connectivity index is 2.16. The summed E-state index contributed by atoms with van der Waals surface area (Å²) >= 11 is 0. The zero-order valence-corrected chi connectivity index (χ0v) is 9.49. The summed E-state index contributed by atoms with van der Waals surface area (Å²) < 4.78 is 16.1. The molecule has 0 amide bonds. The summed E-state index contributed by atoms with van der Waals surface area (Å²) in [6.07, 6.45) is 8.22. The summed E-state index contributed by atoms with van der Waals surface area (Å²) in [4.78, 5) is 7.86. The number of aromatic nitrogens is 3. The number of imidazole rings is 1. The molecule has 0 saturated heterocycles. The van der Waals surface area contributed by atoms with Gasteiger partial charge in [0.25, 0.3) is 0 Å². The van der Waals surface area contributed by atoms with E-state index in [9.17, 15) is 4.39 Å². The van der Waals surface area contributed by atoms with Gasteiger partial charge in [0, 0.05) is 30.4 Å². The predicted octanol–water partition coefficient (Wildman–Crippen LogP) is 3.07. The average molecular weight is 239 g/mol. The highest BCUT2D eigenvalue weighted by Gasteiger charge is 2.10. The Morgan fingerprint density at radius 3 is 2.50 bits per heavy atom. The zero-order valence-electron chi connectivity index (χ0n) is 9.49. The Labute approximate surface area is 104 Å². The SMILES string of the molecule is Fc1c(-c2ccncc2)cccc1-n1ccnc1. The summed E-state index contributed by atoms with van der Waals surface area (Å²) in [5, 5.41) is 0. The highest BCUT2D eigenvalue weighted by atomic mass is 19.1. The van der Waals surface area contributed by atoms with Gasteiger partial charge in [-0.25, -0.2) is 9.37 Å². The van der Waals surface area contributed by atoms with Crippen LogP contribution in [0.15, 0.2) is 61.4 Å². The van der Waals surface area contributed by atoms with E-state index in [1.54, 1.807) is 59.9 Å². The first-order valence-corrected chi connectivity index (χ1v) is 5.53. The summed E-state index contributed by atoms with van der Waals surface area (Å²) in [5.41, 5.74) is 1.86. The van der Waals surface area contributed by atoms with Crippen LogP contribution in [-0.2, 0) is 0 Å². The van der Waals surface area contributed by atoms with Crippen molar-refractivity contribution in [2.75, 3.05) is 0 Å². The molecule has 2 heterocycles. The summed E-state index contributed by atoms with van der Waals surface area (Å²) in [6, 6.07) is 8.88. The Morgan fingerprint density at radius 1 is 0.944 bits per heavy atom. The van der Waals surface area contributed by atoms with Gasteiger partial charge in [0.15, 0.2) is 5.82 Å². The van der Waals surface area contributed by atoms with Crippen LogP contribution in [0.3, 0.4) is 0 Å². The van der Waals surface area contributed by atoms with Crippen molar-refractivity contribution in [3.05, 3.63) is 67.3 Å². The molecule has 3 aromatic rings. The minimum atomic E-state index is -0.262. The molecule has 88 valence electrons. The van der Waals surface area contributed by atoms with Gasteiger partial charge in [-0.1, -0.05) is 12.1 Å². The monoisotopic (exact) mass is 239 g/mol. The van der Waals surface area contributed by atoms with Crippen molar-refractivity contribution < 1.29 is 4.39 Å². The molecule has 2 aromatic heterocycles. The van der Waals surface area contributed by atoms with Gasteiger partial charge in [0.1, 0.15) is 0 Å². The van der Waals surface area contributed by atoms with Crippen LogP contribution in [-0.4, -0.2) is 14.5 Å². The third-order valence-electron chi connectivity index (χ3n) is 2.75. The Hall–Kier alpha value is -2.49. The summed E-state index contributed by atoms with van der Waals surface area (Å²) in [6.45, 7) is 0. The molecule has 0 radical (unpaired) electrons. The van der Waals surface area contributed by atoms with E-state index in [4.69, 9.17) is 0 Å².